The molecule has 2 aliphatic heterocycles. The van der Waals surface area contributed by atoms with Gasteiger partial charge in [0.15, 0.2) is 0 Å². The van der Waals surface area contributed by atoms with Gasteiger partial charge in [0.25, 0.3) is 0 Å². The van der Waals surface area contributed by atoms with E-state index in [1.165, 1.54) is 0 Å². The maximum absolute atomic E-state index is 13.0. The minimum Gasteiger partial charge on any atom is -0.369 e. The van der Waals surface area contributed by atoms with Crippen LogP contribution in [0, 0.1) is 5.92 Å². The molecule has 0 radical (unpaired) electrons. The van der Waals surface area contributed by atoms with Gasteiger partial charge in [0.2, 0.25) is 17.7 Å². The number of likely N-dealkylation sites (tertiary alicyclic amines) is 1. The molecule has 1 aromatic carbocycles. The van der Waals surface area contributed by atoms with Crippen molar-refractivity contribution in [3.8, 4) is 0 Å². The molecule has 7 nitrogen and oxygen atoms in total. The van der Waals surface area contributed by atoms with Crippen molar-refractivity contribution >= 4 is 29.1 Å². The normalized spacial score (nSPS) is 22.0. The van der Waals surface area contributed by atoms with Crippen molar-refractivity contribution in [2.24, 2.45) is 11.7 Å². The summed E-state index contributed by atoms with van der Waals surface area (Å²) in [5, 5.41) is 2.86. The van der Waals surface area contributed by atoms with Gasteiger partial charge >= 0.3 is 0 Å². The highest BCUT2D eigenvalue weighted by atomic mass is 16.2. The van der Waals surface area contributed by atoms with E-state index >= 15 is 0 Å². The highest BCUT2D eigenvalue weighted by Crippen LogP contribution is 2.31. The van der Waals surface area contributed by atoms with E-state index in [9.17, 15) is 14.4 Å². The summed E-state index contributed by atoms with van der Waals surface area (Å²) in [6.07, 6.45) is 1.65. The first-order chi connectivity index (χ1) is 12.0. The Morgan fingerprint density at radius 1 is 1.24 bits per heavy atom. The highest BCUT2D eigenvalue weighted by molar-refractivity contribution is 6.04. The fourth-order valence-corrected chi connectivity index (χ4v) is 3.61. The van der Waals surface area contributed by atoms with E-state index in [1.807, 2.05) is 31.2 Å². The standard InChI is InChI=1S/C18H24N4O3/c1-12-10-16(23)20-14-4-2-3-5-15(14)22(12)17(24)11-21-8-6-13(7-9-21)18(19)25/h2-5,12-13H,6-11H2,1H3,(H2,19,25)(H,20,23). The number of carbonyl (C=O) groups excluding carboxylic acids is 3. The molecule has 7 heteroatoms. The molecule has 0 aliphatic carbocycles. The smallest absolute Gasteiger partial charge is 0.241 e. The lowest BCUT2D eigenvalue weighted by Gasteiger charge is -2.33. The Balaban J connectivity index is 1.73. The van der Waals surface area contributed by atoms with Crippen molar-refractivity contribution in [3.63, 3.8) is 0 Å². The van der Waals surface area contributed by atoms with Crippen LogP contribution < -0.4 is 16.0 Å². The van der Waals surface area contributed by atoms with Crippen molar-refractivity contribution in [2.75, 3.05) is 29.9 Å². The first-order valence-corrected chi connectivity index (χ1v) is 8.68. The molecule has 1 unspecified atom stereocenters. The summed E-state index contributed by atoms with van der Waals surface area (Å²) in [6.45, 7) is 3.53. The zero-order valence-electron chi connectivity index (χ0n) is 14.4. The number of amides is 3. The second-order valence-corrected chi connectivity index (χ2v) is 6.84. The summed E-state index contributed by atoms with van der Waals surface area (Å²) in [7, 11) is 0. The third-order valence-corrected chi connectivity index (χ3v) is 4.98. The number of fused-ring (bicyclic) bond motifs is 1. The van der Waals surface area contributed by atoms with Crippen molar-refractivity contribution in [1.82, 2.24) is 4.90 Å². The largest absolute Gasteiger partial charge is 0.369 e. The van der Waals surface area contributed by atoms with Gasteiger partial charge in [-0.15, -0.1) is 0 Å². The average Bonchev–Trinajstić information content (AvgIpc) is 2.69. The number of nitrogens with one attached hydrogen (secondary N) is 1. The van der Waals surface area contributed by atoms with Crippen LogP contribution in [0.1, 0.15) is 26.2 Å². The van der Waals surface area contributed by atoms with Gasteiger partial charge in [-0.3, -0.25) is 19.3 Å². The molecule has 1 fully saturated rings. The summed E-state index contributed by atoms with van der Waals surface area (Å²) >= 11 is 0. The number of benzene rings is 1. The number of para-hydroxylation sites is 2. The number of carbonyl (C=O) groups is 3. The molecule has 2 heterocycles. The molecule has 3 amide bonds. The van der Waals surface area contributed by atoms with Crippen LogP contribution in [-0.2, 0) is 14.4 Å². The van der Waals surface area contributed by atoms with Crippen LogP contribution in [-0.4, -0.2) is 48.3 Å². The van der Waals surface area contributed by atoms with E-state index < -0.39 is 0 Å². The van der Waals surface area contributed by atoms with Crippen molar-refractivity contribution in [3.05, 3.63) is 24.3 Å². The Morgan fingerprint density at radius 2 is 1.92 bits per heavy atom. The maximum atomic E-state index is 13.0. The van der Waals surface area contributed by atoms with Crippen LogP contribution in [0.5, 0.6) is 0 Å². The van der Waals surface area contributed by atoms with Gasteiger partial charge in [0.1, 0.15) is 0 Å². The predicted octanol–water partition coefficient (Wildman–Crippen LogP) is 0.948. The Morgan fingerprint density at radius 3 is 2.60 bits per heavy atom. The fraction of sp³-hybridized carbons (Fsp3) is 0.500. The average molecular weight is 344 g/mol. The number of nitrogens with two attached hydrogens (primary N) is 1. The van der Waals surface area contributed by atoms with Crippen LogP contribution in [0.4, 0.5) is 11.4 Å². The maximum Gasteiger partial charge on any atom is 0.241 e. The van der Waals surface area contributed by atoms with Crippen LogP contribution in [0.2, 0.25) is 0 Å². The fourth-order valence-electron chi connectivity index (χ4n) is 3.61. The number of nitrogens with zero attached hydrogens (tertiary/aromatic N) is 2. The van der Waals surface area contributed by atoms with Gasteiger partial charge in [-0.05, 0) is 45.0 Å². The Bertz CT molecular complexity index is 683. The molecule has 0 aromatic heterocycles. The second kappa shape index (κ2) is 7.23. The molecule has 1 aromatic rings. The van der Waals surface area contributed by atoms with E-state index in [0.29, 0.717) is 31.6 Å². The number of primary amides is 1. The lowest BCUT2D eigenvalue weighted by molar-refractivity contribution is -0.123. The molecule has 0 saturated carbocycles. The second-order valence-electron chi connectivity index (χ2n) is 6.84. The predicted molar refractivity (Wildman–Crippen MR) is 95.0 cm³/mol. The third-order valence-electron chi connectivity index (χ3n) is 4.98. The quantitative estimate of drug-likeness (QED) is 0.853. The molecular weight excluding hydrogens is 320 g/mol. The number of hydrogen-bond donors (Lipinski definition) is 2. The van der Waals surface area contributed by atoms with E-state index in [-0.39, 0.29) is 42.6 Å². The van der Waals surface area contributed by atoms with E-state index in [4.69, 9.17) is 5.73 Å². The lowest BCUT2D eigenvalue weighted by atomic mass is 9.96. The van der Waals surface area contributed by atoms with Gasteiger partial charge in [-0.1, -0.05) is 12.1 Å². The first-order valence-electron chi connectivity index (χ1n) is 8.68. The summed E-state index contributed by atoms with van der Waals surface area (Å²) in [5.74, 6) is -0.469. The lowest BCUT2D eigenvalue weighted by Crippen LogP contribution is -2.47. The molecule has 3 rings (SSSR count). The summed E-state index contributed by atoms with van der Waals surface area (Å²) in [4.78, 5) is 40.0. The summed E-state index contributed by atoms with van der Waals surface area (Å²) in [5.41, 5.74) is 6.76. The van der Waals surface area contributed by atoms with Crippen molar-refractivity contribution < 1.29 is 14.4 Å². The monoisotopic (exact) mass is 344 g/mol. The third kappa shape index (κ3) is 3.82. The van der Waals surface area contributed by atoms with Crippen molar-refractivity contribution in [1.29, 1.82) is 0 Å². The Labute approximate surface area is 147 Å². The molecule has 25 heavy (non-hydrogen) atoms. The highest BCUT2D eigenvalue weighted by Gasteiger charge is 2.31. The molecule has 134 valence electrons. The van der Waals surface area contributed by atoms with Crippen LogP contribution in [0.15, 0.2) is 24.3 Å². The molecular formula is C18H24N4O3. The van der Waals surface area contributed by atoms with E-state index in [0.717, 1.165) is 5.69 Å². The molecule has 1 saturated heterocycles. The Kier molecular flexibility index (Phi) is 5.03. The molecule has 0 spiro atoms. The molecule has 2 aliphatic rings. The summed E-state index contributed by atoms with van der Waals surface area (Å²) < 4.78 is 0. The van der Waals surface area contributed by atoms with Crippen molar-refractivity contribution in [2.45, 2.75) is 32.2 Å². The van der Waals surface area contributed by atoms with Crippen LogP contribution in [0.3, 0.4) is 0 Å². The van der Waals surface area contributed by atoms with Gasteiger partial charge in [-0.25, -0.2) is 0 Å². The minimum absolute atomic E-state index is 0.0334. The van der Waals surface area contributed by atoms with E-state index in [2.05, 4.69) is 10.2 Å². The first kappa shape index (κ1) is 17.4. The van der Waals surface area contributed by atoms with Crippen LogP contribution >= 0.6 is 0 Å². The number of anilines is 2. The van der Waals surface area contributed by atoms with Gasteiger partial charge in [-0.2, -0.15) is 0 Å². The zero-order valence-corrected chi connectivity index (χ0v) is 14.4. The van der Waals surface area contributed by atoms with E-state index in [1.54, 1.807) is 4.90 Å². The van der Waals surface area contributed by atoms with Gasteiger partial charge < -0.3 is 16.0 Å². The number of rotatable bonds is 3. The number of piperidine rings is 1. The molecule has 1 atom stereocenters. The topological polar surface area (TPSA) is 95.7 Å². The Hall–Kier alpha value is -2.41. The zero-order chi connectivity index (χ0) is 18.0. The minimum atomic E-state index is -0.259. The molecule has 3 N–H and O–H groups in total. The van der Waals surface area contributed by atoms with Gasteiger partial charge in [0.05, 0.1) is 17.9 Å². The number of hydrogen-bond acceptors (Lipinski definition) is 4. The van der Waals surface area contributed by atoms with Gasteiger partial charge in [0, 0.05) is 18.4 Å². The SMILES string of the molecule is CC1CC(=O)Nc2ccccc2N1C(=O)CN1CCC(C(N)=O)CC1. The van der Waals surface area contributed by atoms with Crippen LogP contribution in [0.25, 0.3) is 0 Å². The molecule has 0 bridgehead atoms. The summed E-state index contributed by atoms with van der Waals surface area (Å²) in [6, 6.07) is 7.16.